The second-order valence-corrected chi connectivity index (χ2v) is 7.51. The van der Waals surface area contributed by atoms with Crippen LogP contribution in [-0.4, -0.2) is 41.5 Å². The highest BCUT2D eigenvalue weighted by Crippen LogP contribution is 2.24. The number of rotatable bonds is 4. The number of nitrogens with one attached hydrogen (secondary N) is 2. The quantitative estimate of drug-likeness (QED) is 0.687. The molecule has 150 valence electrons. The van der Waals surface area contributed by atoms with Crippen LogP contribution in [0, 0.1) is 6.92 Å². The first-order chi connectivity index (χ1) is 13.9. The molecule has 0 radical (unpaired) electrons. The zero-order valence-corrected chi connectivity index (χ0v) is 16.9. The molecule has 0 aliphatic carbocycles. The first-order valence-corrected chi connectivity index (χ1v) is 9.75. The molecule has 1 aromatic heterocycles. The Morgan fingerprint density at radius 3 is 2.90 bits per heavy atom. The zero-order valence-electron chi connectivity index (χ0n) is 16.2. The number of ether oxygens (including phenoxy) is 1. The summed E-state index contributed by atoms with van der Waals surface area (Å²) in [7, 11) is 0. The van der Waals surface area contributed by atoms with Crippen molar-refractivity contribution in [3.63, 3.8) is 0 Å². The molecule has 0 bridgehead atoms. The van der Waals surface area contributed by atoms with E-state index in [9.17, 15) is 9.59 Å². The Morgan fingerprint density at radius 2 is 2.14 bits per heavy atom. The highest BCUT2D eigenvalue weighted by atomic mass is 35.5. The number of morpholine rings is 1. The molecule has 0 spiro atoms. The molecule has 2 amide bonds. The van der Waals surface area contributed by atoms with E-state index in [0.717, 1.165) is 22.3 Å². The number of aryl methyl sites for hydroxylation is 1. The third-order valence-corrected chi connectivity index (χ3v) is 5.19. The average Bonchev–Trinajstić information content (AvgIpc) is 3.12. The van der Waals surface area contributed by atoms with Gasteiger partial charge in [-0.3, -0.25) is 9.59 Å². The van der Waals surface area contributed by atoms with Gasteiger partial charge in [0.15, 0.2) is 0 Å². The first kappa shape index (κ1) is 19.4. The summed E-state index contributed by atoms with van der Waals surface area (Å²) in [6, 6.07) is 10.4. The van der Waals surface area contributed by atoms with Gasteiger partial charge < -0.3 is 19.9 Å². The Kier molecular flexibility index (Phi) is 5.25. The van der Waals surface area contributed by atoms with Crippen LogP contribution in [0.5, 0.6) is 0 Å². The number of hydrogen-bond donors (Lipinski definition) is 2. The average molecular weight is 413 g/mol. The van der Waals surface area contributed by atoms with Gasteiger partial charge in [0.25, 0.3) is 11.8 Å². The maximum Gasteiger partial charge on any atom is 0.253 e. The molecule has 2 N–H and O–H groups in total. The summed E-state index contributed by atoms with van der Waals surface area (Å²) < 4.78 is 5.18. The standard InChI is InChI=1S/C21H21ClN4O3/c1-12-9-14(3-6-18(12)26-7-8-29-11-19(26)27)21(28)23-13(2)20-24-16-5-4-15(22)10-17(16)25-20/h3-6,9-10,13H,7-8,11H2,1-2H3,(H,23,28)(H,24,25)/t13-/m0/s1. The Balaban J connectivity index is 1.50. The number of H-pyrrole nitrogens is 1. The predicted molar refractivity (Wildman–Crippen MR) is 111 cm³/mol. The number of imidazole rings is 1. The molecule has 1 aliphatic rings. The second-order valence-electron chi connectivity index (χ2n) is 7.08. The topological polar surface area (TPSA) is 87.3 Å². The molecule has 8 heteroatoms. The van der Waals surface area contributed by atoms with Crippen molar-refractivity contribution < 1.29 is 14.3 Å². The molecule has 3 aromatic rings. The summed E-state index contributed by atoms with van der Waals surface area (Å²) in [5, 5.41) is 3.58. The van der Waals surface area contributed by atoms with Gasteiger partial charge in [-0.15, -0.1) is 0 Å². The molecule has 1 atom stereocenters. The molecule has 2 heterocycles. The molecule has 0 saturated carbocycles. The summed E-state index contributed by atoms with van der Waals surface area (Å²) in [5.74, 6) is 0.372. The molecule has 1 fully saturated rings. The van der Waals surface area contributed by atoms with Crippen LogP contribution in [0.15, 0.2) is 36.4 Å². The van der Waals surface area contributed by atoms with E-state index in [4.69, 9.17) is 16.3 Å². The molecule has 29 heavy (non-hydrogen) atoms. The van der Waals surface area contributed by atoms with Crippen LogP contribution in [-0.2, 0) is 9.53 Å². The fourth-order valence-electron chi connectivity index (χ4n) is 3.43. The number of anilines is 1. The number of halogens is 1. The predicted octanol–water partition coefficient (Wildman–Crippen LogP) is 3.38. The minimum absolute atomic E-state index is 0.0739. The largest absolute Gasteiger partial charge is 0.370 e. The lowest BCUT2D eigenvalue weighted by molar-refractivity contribution is -0.125. The van der Waals surface area contributed by atoms with E-state index in [-0.39, 0.29) is 24.5 Å². The lowest BCUT2D eigenvalue weighted by atomic mass is 10.1. The Labute approximate surface area is 173 Å². The second kappa shape index (κ2) is 7.85. The number of aromatic amines is 1. The van der Waals surface area contributed by atoms with Crippen molar-refractivity contribution >= 4 is 40.1 Å². The lowest BCUT2D eigenvalue weighted by Gasteiger charge is -2.28. The summed E-state index contributed by atoms with van der Waals surface area (Å²) >= 11 is 6.02. The molecule has 1 aliphatic heterocycles. The van der Waals surface area contributed by atoms with Gasteiger partial charge in [0.05, 0.1) is 23.7 Å². The molecular formula is C21H21ClN4O3. The summed E-state index contributed by atoms with van der Waals surface area (Å²) in [6.45, 7) is 4.86. The van der Waals surface area contributed by atoms with E-state index < -0.39 is 0 Å². The van der Waals surface area contributed by atoms with Crippen LogP contribution in [0.3, 0.4) is 0 Å². The smallest absolute Gasteiger partial charge is 0.253 e. The third-order valence-electron chi connectivity index (χ3n) is 4.96. The number of fused-ring (bicyclic) bond motifs is 1. The summed E-state index contributed by atoms with van der Waals surface area (Å²) in [4.78, 5) is 34.2. The van der Waals surface area contributed by atoms with Gasteiger partial charge in [0.1, 0.15) is 12.4 Å². The van der Waals surface area contributed by atoms with Crippen LogP contribution in [0.1, 0.15) is 34.7 Å². The Hall–Kier alpha value is -2.90. The van der Waals surface area contributed by atoms with Gasteiger partial charge in [-0.2, -0.15) is 0 Å². The van der Waals surface area contributed by atoms with Crippen LogP contribution in [0.25, 0.3) is 11.0 Å². The monoisotopic (exact) mass is 412 g/mol. The van der Waals surface area contributed by atoms with Gasteiger partial charge in [-0.05, 0) is 55.8 Å². The van der Waals surface area contributed by atoms with E-state index in [1.54, 1.807) is 35.2 Å². The van der Waals surface area contributed by atoms with Gasteiger partial charge in [0.2, 0.25) is 0 Å². The van der Waals surface area contributed by atoms with Crippen molar-refractivity contribution in [2.75, 3.05) is 24.7 Å². The van der Waals surface area contributed by atoms with E-state index >= 15 is 0 Å². The Morgan fingerprint density at radius 1 is 1.31 bits per heavy atom. The Bertz CT molecular complexity index is 1090. The van der Waals surface area contributed by atoms with E-state index in [1.165, 1.54) is 0 Å². The van der Waals surface area contributed by atoms with Gasteiger partial charge >= 0.3 is 0 Å². The molecule has 0 unspecified atom stereocenters. The van der Waals surface area contributed by atoms with Crippen molar-refractivity contribution in [1.29, 1.82) is 0 Å². The number of aromatic nitrogens is 2. The van der Waals surface area contributed by atoms with Crippen LogP contribution in [0.4, 0.5) is 5.69 Å². The van der Waals surface area contributed by atoms with Gasteiger partial charge in [0, 0.05) is 22.8 Å². The number of benzene rings is 2. The summed E-state index contributed by atoms with van der Waals surface area (Å²) in [6.07, 6.45) is 0. The van der Waals surface area contributed by atoms with E-state index in [2.05, 4.69) is 15.3 Å². The highest BCUT2D eigenvalue weighted by Gasteiger charge is 2.22. The maximum atomic E-state index is 12.7. The number of hydrogen-bond acceptors (Lipinski definition) is 4. The first-order valence-electron chi connectivity index (χ1n) is 9.37. The van der Waals surface area contributed by atoms with E-state index in [0.29, 0.717) is 29.6 Å². The molecule has 4 rings (SSSR count). The van der Waals surface area contributed by atoms with Crippen molar-refractivity contribution in [2.45, 2.75) is 19.9 Å². The van der Waals surface area contributed by atoms with Crippen LogP contribution in [0.2, 0.25) is 5.02 Å². The fourth-order valence-corrected chi connectivity index (χ4v) is 3.60. The van der Waals surface area contributed by atoms with Crippen molar-refractivity contribution in [3.8, 4) is 0 Å². The minimum Gasteiger partial charge on any atom is -0.370 e. The number of carbonyl (C=O) groups is 2. The molecule has 2 aromatic carbocycles. The molecular weight excluding hydrogens is 392 g/mol. The van der Waals surface area contributed by atoms with Gasteiger partial charge in [-0.25, -0.2) is 4.98 Å². The van der Waals surface area contributed by atoms with Crippen molar-refractivity contribution in [3.05, 3.63) is 58.4 Å². The minimum atomic E-state index is -0.311. The molecule has 1 saturated heterocycles. The highest BCUT2D eigenvalue weighted by molar-refractivity contribution is 6.31. The lowest BCUT2D eigenvalue weighted by Crippen LogP contribution is -2.42. The van der Waals surface area contributed by atoms with Crippen LogP contribution < -0.4 is 10.2 Å². The van der Waals surface area contributed by atoms with Crippen molar-refractivity contribution in [2.24, 2.45) is 0 Å². The normalized spacial score (nSPS) is 15.6. The SMILES string of the molecule is Cc1cc(C(=O)N[C@@H](C)c2nc3ccc(Cl)cc3[nH]2)ccc1N1CCOCC1=O. The molecule has 7 nitrogen and oxygen atoms in total. The van der Waals surface area contributed by atoms with Crippen LogP contribution >= 0.6 is 11.6 Å². The number of nitrogens with zero attached hydrogens (tertiary/aromatic N) is 2. The zero-order chi connectivity index (χ0) is 20.5. The van der Waals surface area contributed by atoms with Gasteiger partial charge in [-0.1, -0.05) is 11.6 Å². The summed E-state index contributed by atoms with van der Waals surface area (Å²) in [5.41, 5.74) is 3.80. The fraction of sp³-hybridized carbons (Fsp3) is 0.286. The maximum absolute atomic E-state index is 12.7. The van der Waals surface area contributed by atoms with Crippen molar-refractivity contribution in [1.82, 2.24) is 15.3 Å². The number of amides is 2. The third kappa shape index (κ3) is 3.97. The number of carbonyl (C=O) groups excluding carboxylic acids is 2. The van der Waals surface area contributed by atoms with E-state index in [1.807, 2.05) is 19.9 Å².